The maximum absolute atomic E-state index is 12.8. The lowest BCUT2D eigenvalue weighted by atomic mass is 9.99. The van der Waals surface area contributed by atoms with E-state index < -0.39 is 0 Å². The molecule has 0 atom stereocenters. The van der Waals surface area contributed by atoms with Gasteiger partial charge in [0.05, 0.1) is 5.56 Å². The number of ketones is 1. The van der Waals surface area contributed by atoms with E-state index in [0.29, 0.717) is 5.56 Å². The van der Waals surface area contributed by atoms with Crippen LogP contribution in [0.3, 0.4) is 0 Å². The molecule has 0 amide bonds. The highest BCUT2D eigenvalue weighted by Gasteiger charge is 2.19. The summed E-state index contributed by atoms with van der Waals surface area (Å²) in [5.74, 6) is -0.262. The van der Waals surface area contributed by atoms with Crippen molar-refractivity contribution >= 4 is 38.7 Å². The van der Waals surface area contributed by atoms with Crippen LogP contribution in [0.4, 0.5) is 0 Å². The molecule has 3 nitrogen and oxygen atoms in total. The van der Waals surface area contributed by atoms with Gasteiger partial charge in [-0.3, -0.25) is 4.79 Å². The first-order chi connectivity index (χ1) is 11.1. The third kappa shape index (κ3) is 2.96. The number of allylic oxidation sites excluding steroid dienone is 1. The minimum atomic E-state index is -0.262. The lowest BCUT2D eigenvalue weighted by Gasteiger charge is -2.01. The molecule has 0 saturated carbocycles. The predicted octanol–water partition coefficient (Wildman–Crippen LogP) is 5.03. The molecule has 0 saturated heterocycles. The first kappa shape index (κ1) is 15.3. The van der Waals surface area contributed by atoms with Crippen molar-refractivity contribution in [3.8, 4) is 6.07 Å². The number of Topliss-reactive ketones (excluding diaryl/α,β-unsaturated/α-hetero) is 1. The van der Waals surface area contributed by atoms with Crippen LogP contribution < -0.4 is 0 Å². The summed E-state index contributed by atoms with van der Waals surface area (Å²) in [4.78, 5) is 16.0. The zero-order valence-electron chi connectivity index (χ0n) is 12.4. The summed E-state index contributed by atoms with van der Waals surface area (Å²) in [7, 11) is 0. The number of hydrogen-bond acceptors (Lipinski definition) is 2. The molecule has 0 bridgehead atoms. The fraction of sp³-hybridized carbons (Fsp3) is 0.0526. The van der Waals surface area contributed by atoms with Gasteiger partial charge < -0.3 is 4.98 Å². The Bertz CT molecular complexity index is 976. The number of hydrogen-bond donors (Lipinski definition) is 1. The molecule has 4 heteroatoms. The topological polar surface area (TPSA) is 56.6 Å². The number of rotatable bonds is 3. The molecule has 1 heterocycles. The average molecular weight is 365 g/mol. The molecule has 0 fully saturated rings. The van der Waals surface area contributed by atoms with Gasteiger partial charge in [0.2, 0.25) is 5.78 Å². The van der Waals surface area contributed by atoms with Gasteiger partial charge in [0.25, 0.3) is 0 Å². The molecule has 1 aromatic heterocycles. The zero-order valence-corrected chi connectivity index (χ0v) is 14.0. The Balaban J connectivity index is 2.10. The molecule has 1 N–H and O–H groups in total. The minimum absolute atomic E-state index is 0.121. The molecule has 0 radical (unpaired) electrons. The highest BCUT2D eigenvalue weighted by Crippen LogP contribution is 2.25. The lowest BCUT2D eigenvalue weighted by molar-refractivity contribution is 0.104. The Morgan fingerprint density at radius 1 is 1.22 bits per heavy atom. The van der Waals surface area contributed by atoms with E-state index in [2.05, 4.69) is 20.9 Å². The van der Waals surface area contributed by atoms with Gasteiger partial charge in [-0.2, -0.15) is 5.26 Å². The third-order valence-electron chi connectivity index (χ3n) is 3.65. The van der Waals surface area contributed by atoms with E-state index in [-0.39, 0.29) is 11.4 Å². The van der Waals surface area contributed by atoms with Crippen molar-refractivity contribution in [1.82, 2.24) is 4.98 Å². The van der Waals surface area contributed by atoms with Gasteiger partial charge in [-0.15, -0.1) is 0 Å². The molecule has 0 aliphatic rings. The van der Waals surface area contributed by atoms with Crippen LogP contribution in [0.2, 0.25) is 0 Å². The van der Waals surface area contributed by atoms with Gasteiger partial charge in [0, 0.05) is 21.1 Å². The van der Waals surface area contributed by atoms with Crippen LogP contribution in [0.1, 0.15) is 21.6 Å². The molecular weight excluding hydrogens is 352 g/mol. The van der Waals surface area contributed by atoms with Gasteiger partial charge in [-0.05, 0) is 36.8 Å². The summed E-state index contributed by atoms with van der Waals surface area (Å²) >= 11 is 3.39. The van der Waals surface area contributed by atoms with Crippen molar-refractivity contribution in [1.29, 1.82) is 5.26 Å². The standard InChI is InChI=1S/C19H13BrN2O/c1-12-18(16-7-2-3-8-17(16)22-12)19(23)14(11-21)9-13-5-4-6-15(20)10-13/h2-10,22H,1H3/b14-9-. The maximum atomic E-state index is 12.8. The minimum Gasteiger partial charge on any atom is -0.358 e. The number of H-pyrrole nitrogens is 1. The van der Waals surface area contributed by atoms with E-state index in [1.54, 1.807) is 6.08 Å². The largest absolute Gasteiger partial charge is 0.358 e. The fourth-order valence-electron chi connectivity index (χ4n) is 2.62. The van der Waals surface area contributed by atoms with Gasteiger partial charge in [0.15, 0.2) is 0 Å². The molecule has 0 aliphatic heterocycles. The summed E-state index contributed by atoms with van der Waals surface area (Å²) in [6, 6.07) is 17.1. The average Bonchev–Trinajstić information content (AvgIpc) is 2.87. The molecule has 0 spiro atoms. The Kier molecular flexibility index (Phi) is 4.14. The van der Waals surface area contributed by atoms with Crippen molar-refractivity contribution in [2.75, 3.05) is 0 Å². The monoisotopic (exact) mass is 364 g/mol. The molecule has 0 unspecified atom stereocenters. The lowest BCUT2D eigenvalue weighted by Crippen LogP contribution is -2.03. The van der Waals surface area contributed by atoms with Crippen LogP contribution in [0, 0.1) is 18.3 Å². The number of aryl methyl sites for hydroxylation is 1. The summed E-state index contributed by atoms with van der Waals surface area (Å²) in [6.07, 6.45) is 1.62. The summed E-state index contributed by atoms with van der Waals surface area (Å²) in [5.41, 5.74) is 3.15. The molecule has 3 rings (SSSR count). The first-order valence-corrected chi connectivity index (χ1v) is 7.89. The molecule has 112 valence electrons. The first-order valence-electron chi connectivity index (χ1n) is 7.09. The SMILES string of the molecule is Cc1[nH]c2ccccc2c1C(=O)/C(C#N)=C\c1cccc(Br)c1. The van der Waals surface area contributed by atoms with Gasteiger partial charge in [-0.1, -0.05) is 46.3 Å². The molecule has 3 aromatic rings. The summed E-state index contributed by atoms with van der Waals surface area (Å²) in [5, 5.41) is 10.3. The van der Waals surface area contributed by atoms with E-state index in [4.69, 9.17) is 0 Å². The van der Waals surface area contributed by atoms with E-state index in [1.165, 1.54) is 0 Å². The van der Waals surface area contributed by atoms with E-state index in [9.17, 15) is 10.1 Å². The maximum Gasteiger partial charge on any atom is 0.205 e. The number of nitrogens with zero attached hydrogens (tertiary/aromatic N) is 1. The zero-order chi connectivity index (χ0) is 16.4. The van der Waals surface area contributed by atoms with E-state index in [0.717, 1.165) is 26.6 Å². The number of nitrogens with one attached hydrogen (secondary N) is 1. The van der Waals surface area contributed by atoms with E-state index in [1.807, 2.05) is 61.5 Å². The fourth-order valence-corrected chi connectivity index (χ4v) is 3.03. The van der Waals surface area contributed by atoms with Crippen LogP contribution in [0.15, 0.2) is 58.6 Å². The molecule has 23 heavy (non-hydrogen) atoms. The van der Waals surface area contributed by atoms with E-state index >= 15 is 0 Å². The molecule has 0 aliphatic carbocycles. The van der Waals surface area contributed by atoms with Gasteiger partial charge in [-0.25, -0.2) is 0 Å². The van der Waals surface area contributed by atoms with Crippen molar-refractivity contribution in [2.45, 2.75) is 6.92 Å². The highest BCUT2D eigenvalue weighted by molar-refractivity contribution is 9.10. The normalized spacial score (nSPS) is 11.4. The number of benzene rings is 2. The number of fused-ring (bicyclic) bond motifs is 1. The Morgan fingerprint density at radius 3 is 2.74 bits per heavy atom. The van der Waals surface area contributed by atoms with Crippen LogP contribution in [-0.4, -0.2) is 10.8 Å². The Morgan fingerprint density at radius 2 is 2.00 bits per heavy atom. The molecular formula is C19H13BrN2O. The van der Waals surface area contributed by atoms with Crippen LogP contribution in [0.5, 0.6) is 0 Å². The smallest absolute Gasteiger partial charge is 0.205 e. The van der Waals surface area contributed by atoms with Crippen LogP contribution in [0.25, 0.3) is 17.0 Å². The van der Waals surface area contributed by atoms with Gasteiger partial charge >= 0.3 is 0 Å². The number of aromatic amines is 1. The Labute approximate surface area is 142 Å². The van der Waals surface area contributed by atoms with Crippen molar-refractivity contribution in [3.05, 3.63) is 75.4 Å². The number of halogens is 1. The number of aromatic nitrogens is 1. The van der Waals surface area contributed by atoms with Crippen LogP contribution >= 0.6 is 15.9 Å². The third-order valence-corrected chi connectivity index (χ3v) is 4.14. The number of carbonyl (C=O) groups is 1. The second-order valence-corrected chi connectivity index (χ2v) is 6.14. The number of carbonyl (C=O) groups excluding carboxylic acids is 1. The predicted molar refractivity (Wildman–Crippen MR) is 95.1 cm³/mol. The molecule has 2 aromatic carbocycles. The van der Waals surface area contributed by atoms with Crippen LogP contribution in [-0.2, 0) is 0 Å². The van der Waals surface area contributed by atoms with Crippen molar-refractivity contribution < 1.29 is 4.79 Å². The highest BCUT2D eigenvalue weighted by atomic mass is 79.9. The number of para-hydroxylation sites is 1. The second kappa shape index (κ2) is 6.23. The van der Waals surface area contributed by atoms with Crippen molar-refractivity contribution in [3.63, 3.8) is 0 Å². The Hall–Kier alpha value is -2.64. The van der Waals surface area contributed by atoms with Crippen molar-refractivity contribution in [2.24, 2.45) is 0 Å². The summed E-state index contributed by atoms with van der Waals surface area (Å²) in [6.45, 7) is 1.85. The van der Waals surface area contributed by atoms with Gasteiger partial charge in [0.1, 0.15) is 11.6 Å². The number of nitriles is 1. The quantitative estimate of drug-likeness (QED) is 0.402. The second-order valence-electron chi connectivity index (χ2n) is 5.22. The summed E-state index contributed by atoms with van der Waals surface area (Å²) < 4.78 is 0.902.